The van der Waals surface area contributed by atoms with E-state index in [-0.39, 0.29) is 16.7 Å². The Morgan fingerprint density at radius 2 is 1.35 bits per heavy atom. The molecule has 0 bridgehead atoms. The van der Waals surface area contributed by atoms with Gasteiger partial charge in [-0.15, -0.1) is 11.3 Å². The molecule has 1 aliphatic rings. The molecule has 10 heteroatoms. The predicted octanol–water partition coefficient (Wildman–Crippen LogP) is 9.01. The Kier molecular flexibility index (Phi) is 10.9. The lowest BCUT2D eigenvalue weighted by Gasteiger charge is -2.25. The minimum absolute atomic E-state index is 0.281. The number of thiocarbonyl (C=S) groups is 1. The van der Waals surface area contributed by atoms with Crippen LogP contribution in [0.25, 0.3) is 28.5 Å². The van der Waals surface area contributed by atoms with Crippen molar-refractivity contribution in [1.29, 1.82) is 0 Å². The Bertz CT molecular complexity index is 2560. The van der Waals surface area contributed by atoms with Crippen LogP contribution in [0, 0.1) is 6.92 Å². The van der Waals surface area contributed by atoms with Crippen LogP contribution < -0.4 is 19.7 Å². The molecule has 268 valence electrons. The third kappa shape index (κ3) is 7.50. The van der Waals surface area contributed by atoms with Crippen molar-refractivity contribution in [3.8, 4) is 0 Å². The number of aryl methyl sites for hydroxylation is 1. The average molecular weight is 766 g/mol. The second kappa shape index (κ2) is 16.1. The van der Waals surface area contributed by atoms with Gasteiger partial charge in [-0.2, -0.15) is 0 Å². The molecule has 7 rings (SSSR count). The van der Waals surface area contributed by atoms with E-state index in [1.165, 1.54) is 10.5 Å². The molecule has 1 amide bonds. The van der Waals surface area contributed by atoms with Crippen LogP contribution >= 0.6 is 35.3 Å². The molecule has 0 radical (unpaired) electrons. The fraction of sp³-hybridized carbons (Fsp3) is 0.0682. The molecule has 0 saturated carbocycles. The summed E-state index contributed by atoms with van der Waals surface area (Å²) < 4.78 is 2.13. The molecular formula is C44H35N3O4S3. The van der Waals surface area contributed by atoms with Crippen LogP contribution in [0.2, 0.25) is 0 Å². The Hall–Kier alpha value is -5.78. The number of nitrogens with zero attached hydrogens (tertiary/aromatic N) is 3. The second-order valence-electron chi connectivity index (χ2n) is 12.4. The maximum Gasteiger partial charge on any atom is 0.276 e. The maximum absolute atomic E-state index is 13.6. The quantitative estimate of drug-likeness (QED) is 0.0491. The smallest absolute Gasteiger partial charge is 0.276 e. The molecule has 0 atom stereocenters. The van der Waals surface area contributed by atoms with Crippen molar-refractivity contribution >= 4 is 91.1 Å². The van der Waals surface area contributed by atoms with E-state index < -0.39 is 5.56 Å². The van der Waals surface area contributed by atoms with Gasteiger partial charge in [0, 0.05) is 23.6 Å². The van der Waals surface area contributed by atoms with Crippen LogP contribution in [0.15, 0.2) is 145 Å². The van der Waals surface area contributed by atoms with E-state index in [4.69, 9.17) is 12.2 Å². The average Bonchev–Trinajstić information content (AvgIpc) is 3.68. The summed E-state index contributed by atoms with van der Waals surface area (Å²) in [5.74, 6) is -0.619. The summed E-state index contributed by atoms with van der Waals surface area (Å²) in [6, 6.07) is 45.6. The molecule has 1 aromatic heterocycles. The Morgan fingerprint density at radius 1 is 0.796 bits per heavy atom. The van der Waals surface area contributed by atoms with Gasteiger partial charge in [0.15, 0.2) is 0 Å². The van der Waals surface area contributed by atoms with E-state index in [1.54, 1.807) is 6.08 Å². The summed E-state index contributed by atoms with van der Waals surface area (Å²) in [7, 11) is 0. The Morgan fingerprint density at radius 3 is 1.93 bits per heavy atom. The number of carbonyl (C=O) groups is 1. The van der Waals surface area contributed by atoms with Crippen LogP contribution in [0.5, 0.6) is 0 Å². The van der Waals surface area contributed by atoms with Crippen molar-refractivity contribution < 1.29 is 14.9 Å². The van der Waals surface area contributed by atoms with Crippen LogP contribution in [0.1, 0.15) is 34.7 Å². The van der Waals surface area contributed by atoms with Crippen molar-refractivity contribution in [2.45, 2.75) is 13.8 Å². The van der Waals surface area contributed by atoms with Gasteiger partial charge in [0.25, 0.3) is 11.5 Å². The lowest BCUT2D eigenvalue weighted by atomic mass is 9.95. The molecule has 0 aliphatic carbocycles. The zero-order valence-electron chi connectivity index (χ0n) is 29.5. The van der Waals surface area contributed by atoms with E-state index in [0.717, 1.165) is 72.6 Å². The fourth-order valence-electron chi connectivity index (χ4n) is 6.17. The minimum Gasteiger partial charge on any atom is -0.322 e. The molecule has 1 saturated heterocycles. The lowest BCUT2D eigenvalue weighted by molar-refractivity contribution is -0.176. The van der Waals surface area contributed by atoms with Gasteiger partial charge in [0.1, 0.15) is 13.9 Å². The number of rotatable bonds is 10. The van der Waals surface area contributed by atoms with Gasteiger partial charge in [-0.05, 0) is 96.8 Å². The molecule has 0 spiro atoms. The largest absolute Gasteiger partial charge is 0.322 e. The van der Waals surface area contributed by atoms with Gasteiger partial charge >= 0.3 is 0 Å². The first-order valence-corrected chi connectivity index (χ1v) is 19.2. The number of hydrogen-bond acceptors (Lipinski definition) is 8. The zero-order valence-corrected chi connectivity index (χ0v) is 32.0. The van der Waals surface area contributed by atoms with E-state index in [1.807, 2.05) is 55.5 Å². The Balaban J connectivity index is 1.25. The number of para-hydroxylation sites is 1. The molecular weight excluding hydrogens is 731 g/mol. The summed E-state index contributed by atoms with van der Waals surface area (Å²) in [5.41, 5.74) is 8.93. The van der Waals surface area contributed by atoms with Gasteiger partial charge in [-0.25, -0.2) is 9.82 Å². The maximum atomic E-state index is 13.6. The first-order valence-electron chi connectivity index (χ1n) is 17.2. The SMILES string of the molecule is C=C(OO)n1c(=C2SC(=S)N(CC)C2=O)sc(=Cc2ccc(N(c3ccccc3)c3ccc(C=C(c4ccccc4)c4ccc(C)cc4)cc3)cc2)c1=O. The molecule has 7 nitrogen and oxygen atoms in total. The van der Waals surface area contributed by atoms with Gasteiger partial charge < -0.3 is 9.79 Å². The van der Waals surface area contributed by atoms with E-state index in [0.29, 0.717) is 20.1 Å². The van der Waals surface area contributed by atoms with Crippen molar-refractivity contribution in [2.75, 3.05) is 11.4 Å². The number of hydrogen-bond donors (Lipinski definition) is 1. The first-order chi connectivity index (χ1) is 26.2. The molecule has 54 heavy (non-hydrogen) atoms. The third-order valence-electron chi connectivity index (χ3n) is 8.91. The summed E-state index contributed by atoms with van der Waals surface area (Å²) >= 11 is 7.61. The number of amides is 1. The van der Waals surface area contributed by atoms with Gasteiger partial charge in [-0.1, -0.05) is 127 Å². The number of aromatic nitrogens is 1. The van der Waals surface area contributed by atoms with E-state index in [9.17, 15) is 14.8 Å². The van der Waals surface area contributed by atoms with Crippen LogP contribution in [-0.2, 0) is 9.68 Å². The fourth-order valence-corrected chi connectivity index (χ4v) is 8.79. The zero-order chi connectivity index (χ0) is 37.8. The molecule has 0 unspecified atom stereocenters. The van der Waals surface area contributed by atoms with E-state index in [2.05, 4.69) is 114 Å². The number of thioether (sulfide) groups is 1. The number of benzene rings is 5. The van der Waals surface area contributed by atoms with E-state index >= 15 is 0 Å². The summed E-state index contributed by atoms with van der Waals surface area (Å²) in [4.78, 5) is 35.0. The topological polar surface area (TPSA) is 75.0 Å². The monoisotopic (exact) mass is 765 g/mol. The molecule has 2 heterocycles. The molecule has 1 fully saturated rings. The summed E-state index contributed by atoms with van der Waals surface area (Å²) in [5, 5.41) is 9.41. The standard InChI is InChI=1S/C44H35N3O4S3/c1-4-45-42(49)40(54-44(45)52)43-46(30(3)51-50)41(48)39(53-43)28-32-19-25-37(26-20-32)47(35-13-9-6-10-14-35)36-23-17-31(18-24-36)27-38(33-11-7-5-8-12-33)34-21-15-29(2)16-22-34/h5-28,50H,3-4H2,1-2H3. The van der Waals surface area contributed by atoms with Gasteiger partial charge in [0.05, 0.1) is 4.53 Å². The molecule has 6 aromatic rings. The van der Waals surface area contributed by atoms with Crippen molar-refractivity contribution in [3.63, 3.8) is 0 Å². The second-order valence-corrected chi connectivity index (χ2v) is 15.1. The molecule has 5 aromatic carbocycles. The summed E-state index contributed by atoms with van der Waals surface area (Å²) in [6.45, 7) is 8.00. The number of anilines is 3. The minimum atomic E-state index is -0.474. The van der Waals surface area contributed by atoms with Crippen molar-refractivity contribution in [2.24, 2.45) is 0 Å². The highest BCUT2D eigenvalue weighted by atomic mass is 32.2. The molecule has 1 aliphatic heterocycles. The van der Waals surface area contributed by atoms with Crippen LogP contribution in [-0.4, -0.2) is 31.5 Å². The van der Waals surface area contributed by atoms with Gasteiger partial charge in [0.2, 0.25) is 5.88 Å². The first kappa shape index (κ1) is 36.6. The Labute approximate surface area is 326 Å². The number of carbonyl (C=O) groups excluding carboxylic acids is 1. The van der Waals surface area contributed by atoms with Gasteiger partial charge in [-0.3, -0.25) is 14.5 Å². The lowest BCUT2D eigenvalue weighted by Crippen LogP contribution is -2.33. The highest BCUT2D eigenvalue weighted by Crippen LogP contribution is 2.36. The third-order valence-corrected chi connectivity index (χ3v) is 11.6. The van der Waals surface area contributed by atoms with Crippen molar-refractivity contribution in [3.05, 3.63) is 187 Å². The van der Waals surface area contributed by atoms with Crippen LogP contribution in [0.3, 0.4) is 0 Å². The van der Waals surface area contributed by atoms with Crippen molar-refractivity contribution in [1.82, 2.24) is 9.47 Å². The predicted molar refractivity (Wildman–Crippen MR) is 227 cm³/mol. The normalized spacial score (nSPS) is 14.5. The number of thiazole rings is 1. The van der Waals surface area contributed by atoms with Crippen LogP contribution in [0.4, 0.5) is 17.1 Å². The molecule has 1 N–H and O–H groups in total. The summed E-state index contributed by atoms with van der Waals surface area (Å²) in [6.07, 6.45) is 3.97. The highest BCUT2D eigenvalue weighted by Gasteiger charge is 2.33. The highest BCUT2D eigenvalue weighted by molar-refractivity contribution is 8.30.